The van der Waals surface area contributed by atoms with Crippen LogP contribution in [0.2, 0.25) is 4.34 Å². The molecular formula is C14H23ClIN3OS. The highest BCUT2D eigenvalue weighted by Gasteiger charge is 2.15. The van der Waals surface area contributed by atoms with Crippen LogP contribution >= 0.6 is 46.9 Å². The zero-order valence-electron chi connectivity index (χ0n) is 12.1. The molecule has 1 saturated carbocycles. The lowest BCUT2D eigenvalue weighted by Crippen LogP contribution is -2.45. The van der Waals surface area contributed by atoms with Crippen LogP contribution in [-0.2, 0) is 0 Å². The molecule has 21 heavy (non-hydrogen) atoms. The van der Waals surface area contributed by atoms with Crippen molar-refractivity contribution < 1.29 is 5.11 Å². The molecule has 1 atom stereocenters. The number of halogens is 2. The Balaban J connectivity index is 0.00000220. The van der Waals surface area contributed by atoms with Gasteiger partial charge in [-0.15, -0.1) is 35.3 Å². The molecule has 0 aromatic carbocycles. The lowest BCUT2D eigenvalue weighted by atomic mass is 9.96. The molecule has 0 amide bonds. The van der Waals surface area contributed by atoms with Gasteiger partial charge in [-0.25, -0.2) is 0 Å². The molecule has 1 heterocycles. The number of rotatable bonds is 4. The van der Waals surface area contributed by atoms with Crippen LogP contribution in [0.4, 0.5) is 0 Å². The minimum atomic E-state index is -0.558. The van der Waals surface area contributed by atoms with E-state index in [2.05, 4.69) is 15.6 Å². The highest BCUT2D eigenvalue weighted by atomic mass is 127. The molecule has 1 aromatic heterocycles. The minimum absolute atomic E-state index is 0. The van der Waals surface area contributed by atoms with Crippen LogP contribution in [0.3, 0.4) is 0 Å². The van der Waals surface area contributed by atoms with Crippen molar-refractivity contribution in [2.45, 2.75) is 44.2 Å². The van der Waals surface area contributed by atoms with Crippen molar-refractivity contribution in [3.8, 4) is 0 Å². The van der Waals surface area contributed by atoms with Gasteiger partial charge in [0, 0.05) is 24.5 Å². The Bertz CT molecular complexity index is 449. The second kappa shape index (κ2) is 9.86. The fraction of sp³-hybridized carbons (Fsp3) is 0.643. The van der Waals surface area contributed by atoms with E-state index in [1.807, 2.05) is 6.07 Å². The minimum Gasteiger partial charge on any atom is -0.386 e. The number of aliphatic hydroxyl groups excluding tert-OH is 1. The first kappa shape index (κ1) is 19.0. The largest absolute Gasteiger partial charge is 0.386 e. The second-order valence-corrected chi connectivity index (χ2v) is 6.84. The molecule has 4 nitrogen and oxygen atoms in total. The first-order valence-corrected chi connectivity index (χ1v) is 8.29. The summed E-state index contributed by atoms with van der Waals surface area (Å²) in [4.78, 5) is 5.08. The third kappa shape index (κ3) is 6.30. The molecule has 0 saturated heterocycles. The van der Waals surface area contributed by atoms with Crippen molar-refractivity contribution in [3.63, 3.8) is 0 Å². The number of nitrogens with zero attached hydrogens (tertiary/aromatic N) is 1. The van der Waals surface area contributed by atoms with Crippen LogP contribution in [-0.4, -0.2) is 30.7 Å². The lowest BCUT2D eigenvalue weighted by Gasteiger charge is -2.25. The summed E-state index contributed by atoms with van der Waals surface area (Å²) in [7, 11) is 1.76. The standard InChI is InChI=1S/C14H22ClN3OS.HI/c1-16-14(18-10-5-3-2-4-6-10)17-9-11(19)12-7-8-13(15)20-12;/h7-8,10-11,19H,2-6,9H2,1H3,(H2,16,17,18);1H. The fourth-order valence-electron chi connectivity index (χ4n) is 2.44. The van der Waals surface area contributed by atoms with Gasteiger partial charge in [-0.1, -0.05) is 30.9 Å². The Kier molecular flexibility index (Phi) is 8.92. The van der Waals surface area contributed by atoms with E-state index < -0.39 is 6.10 Å². The molecule has 1 unspecified atom stereocenters. The summed E-state index contributed by atoms with van der Waals surface area (Å²) in [6.45, 7) is 0.434. The SMILES string of the molecule is CN=C(NCC(O)c1ccc(Cl)s1)NC1CCCCC1.I. The van der Waals surface area contributed by atoms with E-state index >= 15 is 0 Å². The van der Waals surface area contributed by atoms with Crippen molar-refractivity contribution in [2.24, 2.45) is 4.99 Å². The number of hydrogen-bond acceptors (Lipinski definition) is 3. The third-order valence-electron chi connectivity index (χ3n) is 3.55. The van der Waals surface area contributed by atoms with Gasteiger partial charge in [0.15, 0.2) is 5.96 Å². The van der Waals surface area contributed by atoms with Gasteiger partial charge in [0.2, 0.25) is 0 Å². The summed E-state index contributed by atoms with van der Waals surface area (Å²) < 4.78 is 0.698. The van der Waals surface area contributed by atoms with Crippen LogP contribution in [0.15, 0.2) is 17.1 Å². The smallest absolute Gasteiger partial charge is 0.191 e. The number of aliphatic imine (C=N–C) groups is 1. The zero-order chi connectivity index (χ0) is 14.4. The summed E-state index contributed by atoms with van der Waals surface area (Å²) in [6.07, 6.45) is 5.74. The maximum atomic E-state index is 10.1. The predicted octanol–water partition coefficient (Wildman–Crippen LogP) is 3.55. The maximum Gasteiger partial charge on any atom is 0.191 e. The molecule has 2 rings (SSSR count). The number of guanidine groups is 1. The molecule has 7 heteroatoms. The van der Waals surface area contributed by atoms with Crippen LogP contribution in [0.25, 0.3) is 0 Å². The average Bonchev–Trinajstić information content (AvgIpc) is 2.91. The molecule has 1 aromatic rings. The molecule has 0 spiro atoms. The van der Waals surface area contributed by atoms with Gasteiger partial charge in [0.25, 0.3) is 0 Å². The number of nitrogens with one attached hydrogen (secondary N) is 2. The van der Waals surface area contributed by atoms with E-state index in [1.165, 1.54) is 43.4 Å². The molecule has 0 aliphatic heterocycles. The van der Waals surface area contributed by atoms with Gasteiger partial charge >= 0.3 is 0 Å². The van der Waals surface area contributed by atoms with E-state index in [0.29, 0.717) is 16.9 Å². The van der Waals surface area contributed by atoms with Crippen LogP contribution in [0.1, 0.15) is 43.1 Å². The zero-order valence-corrected chi connectivity index (χ0v) is 16.0. The number of thiophene rings is 1. The summed E-state index contributed by atoms with van der Waals surface area (Å²) >= 11 is 7.28. The first-order chi connectivity index (χ1) is 9.69. The summed E-state index contributed by atoms with van der Waals surface area (Å²) in [5.41, 5.74) is 0. The summed E-state index contributed by atoms with van der Waals surface area (Å²) in [5, 5.41) is 16.7. The van der Waals surface area contributed by atoms with Crippen LogP contribution < -0.4 is 10.6 Å². The highest BCUT2D eigenvalue weighted by molar-refractivity contribution is 14.0. The number of hydrogen-bond donors (Lipinski definition) is 3. The molecule has 3 N–H and O–H groups in total. The van der Waals surface area contributed by atoms with Gasteiger partial charge in [-0.2, -0.15) is 0 Å². The van der Waals surface area contributed by atoms with E-state index in [4.69, 9.17) is 11.6 Å². The van der Waals surface area contributed by atoms with Crippen molar-refractivity contribution in [3.05, 3.63) is 21.3 Å². The molecule has 1 aliphatic rings. The number of aliphatic hydroxyl groups is 1. The molecule has 120 valence electrons. The fourth-order valence-corrected chi connectivity index (χ4v) is 3.48. The monoisotopic (exact) mass is 443 g/mol. The normalized spacial score (nSPS) is 18.0. The van der Waals surface area contributed by atoms with Crippen molar-refractivity contribution >= 4 is 52.9 Å². The Labute approximate surface area is 152 Å². The topological polar surface area (TPSA) is 56.7 Å². The van der Waals surface area contributed by atoms with Gasteiger partial charge in [0.05, 0.1) is 4.34 Å². The Morgan fingerprint density at radius 3 is 2.71 bits per heavy atom. The van der Waals surface area contributed by atoms with Gasteiger partial charge < -0.3 is 15.7 Å². The Morgan fingerprint density at radius 1 is 1.43 bits per heavy atom. The Hall–Kier alpha value is -0.0500. The van der Waals surface area contributed by atoms with Crippen molar-refractivity contribution in [2.75, 3.05) is 13.6 Å². The van der Waals surface area contributed by atoms with E-state index in [-0.39, 0.29) is 24.0 Å². The highest BCUT2D eigenvalue weighted by Crippen LogP contribution is 2.26. The predicted molar refractivity (Wildman–Crippen MR) is 101 cm³/mol. The summed E-state index contributed by atoms with van der Waals surface area (Å²) in [6, 6.07) is 4.17. The van der Waals surface area contributed by atoms with E-state index in [9.17, 15) is 5.11 Å². The molecule has 1 aliphatic carbocycles. The lowest BCUT2D eigenvalue weighted by molar-refractivity contribution is 0.184. The van der Waals surface area contributed by atoms with Crippen molar-refractivity contribution in [1.82, 2.24) is 10.6 Å². The molecular weight excluding hydrogens is 421 g/mol. The third-order valence-corrected chi connectivity index (χ3v) is 4.89. The van der Waals surface area contributed by atoms with Gasteiger partial charge in [-0.05, 0) is 25.0 Å². The van der Waals surface area contributed by atoms with Crippen LogP contribution in [0, 0.1) is 0 Å². The van der Waals surface area contributed by atoms with Gasteiger partial charge in [0.1, 0.15) is 6.10 Å². The molecule has 0 radical (unpaired) electrons. The first-order valence-electron chi connectivity index (χ1n) is 7.09. The summed E-state index contributed by atoms with van der Waals surface area (Å²) in [5.74, 6) is 0.763. The van der Waals surface area contributed by atoms with Crippen molar-refractivity contribution in [1.29, 1.82) is 0 Å². The van der Waals surface area contributed by atoms with Gasteiger partial charge in [-0.3, -0.25) is 4.99 Å². The quantitative estimate of drug-likeness (QED) is 0.379. The Morgan fingerprint density at radius 2 is 2.14 bits per heavy atom. The van der Waals surface area contributed by atoms with E-state index in [1.54, 1.807) is 13.1 Å². The van der Waals surface area contributed by atoms with E-state index in [0.717, 1.165) is 10.8 Å². The van der Waals surface area contributed by atoms with Crippen LogP contribution in [0.5, 0.6) is 0 Å². The average molecular weight is 444 g/mol. The maximum absolute atomic E-state index is 10.1. The molecule has 0 bridgehead atoms. The second-order valence-electron chi connectivity index (χ2n) is 5.09. The molecule has 1 fully saturated rings.